The Morgan fingerprint density at radius 1 is 1.14 bits per heavy atom. The van der Waals surface area contributed by atoms with Crippen LogP contribution in [0.5, 0.6) is 11.5 Å². The Kier molecular flexibility index (Phi) is 7.30. The molecule has 3 rings (SSSR count). The number of para-hydroxylation sites is 1. The van der Waals surface area contributed by atoms with Crippen LogP contribution in [0.25, 0.3) is 10.2 Å². The van der Waals surface area contributed by atoms with E-state index in [9.17, 15) is 4.79 Å². The van der Waals surface area contributed by atoms with E-state index in [1.807, 2.05) is 44.4 Å². The highest BCUT2D eigenvalue weighted by Gasteiger charge is 2.22. The van der Waals surface area contributed by atoms with Crippen LogP contribution < -0.4 is 14.4 Å². The first-order valence-electron chi connectivity index (χ1n) is 9.25. The molecule has 0 bridgehead atoms. The van der Waals surface area contributed by atoms with Gasteiger partial charge in [0, 0.05) is 6.54 Å². The molecule has 0 aliphatic heterocycles. The fourth-order valence-corrected chi connectivity index (χ4v) is 4.13. The van der Waals surface area contributed by atoms with Crippen molar-refractivity contribution in [2.45, 2.75) is 6.42 Å². The number of benzene rings is 2. The zero-order valence-electron chi connectivity index (χ0n) is 16.7. The van der Waals surface area contributed by atoms with E-state index in [-0.39, 0.29) is 12.5 Å². The minimum atomic E-state index is -0.151. The van der Waals surface area contributed by atoms with Gasteiger partial charge >= 0.3 is 0 Å². The van der Waals surface area contributed by atoms with Crippen LogP contribution in [-0.4, -0.2) is 56.7 Å². The van der Waals surface area contributed by atoms with Crippen LogP contribution in [0.2, 0.25) is 5.02 Å². The van der Waals surface area contributed by atoms with Crippen molar-refractivity contribution < 1.29 is 14.3 Å². The molecule has 0 spiro atoms. The number of ether oxygens (including phenoxy) is 2. The Hall–Kier alpha value is -2.35. The Morgan fingerprint density at radius 3 is 2.59 bits per heavy atom. The first kappa shape index (κ1) is 21.4. The number of hydrogen-bond donors (Lipinski definition) is 0. The van der Waals surface area contributed by atoms with Crippen molar-refractivity contribution in [3.63, 3.8) is 0 Å². The molecule has 0 aliphatic rings. The molecule has 0 aliphatic carbocycles. The highest BCUT2D eigenvalue weighted by Crippen LogP contribution is 2.38. The molecule has 8 heteroatoms. The van der Waals surface area contributed by atoms with Crippen LogP contribution in [0.3, 0.4) is 0 Å². The standard InChI is InChI=1S/C21H24ClN3O3S/c1-24(2)12-7-13-25(18(26)14-28-15-8-5-4-6-9-15)21-23-19-17(27-3)11-10-16(22)20(19)29-21/h4-6,8-11H,7,12-14H2,1-3H3. The lowest BCUT2D eigenvalue weighted by Crippen LogP contribution is -2.36. The van der Waals surface area contributed by atoms with E-state index >= 15 is 0 Å². The average Bonchev–Trinajstić information content (AvgIpc) is 3.16. The van der Waals surface area contributed by atoms with Crippen molar-refractivity contribution in [3.8, 4) is 11.5 Å². The molecule has 0 saturated carbocycles. The Labute approximate surface area is 179 Å². The van der Waals surface area contributed by atoms with Crippen LogP contribution in [-0.2, 0) is 4.79 Å². The average molecular weight is 434 g/mol. The second kappa shape index (κ2) is 9.91. The van der Waals surface area contributed by atoms with E-state index in [4.69, 9.17) is 21.1 Å². The van der Waals surface area contributed by atoms with Gasteiger partial charge in [-0.3, -0.25) is 9.69 Å². The Balaban J connectivity index is 1.85. The number of methoxy groups -OCH3 is 1. The quantitative estimate of drug-likeness (QED) is 0.503. The van der Waals surface area contributed by atoms with Crippen LogP contribution >= 0.6 is 22.9 Å². The molecule has 0 atom stereocenters. The molecule has 3 aromatic rings. The summed E-state index contributed by atoms with van der Waals surface area (Å²) in [6.07, 6.45) is 0.810. The summed E-state index contributed by atoms with van der Waals surface area (Å²) in [7, 11) is 5.61. The molecule has 1 amide bonds. The summed E-state index contributed by atoms with van der Waals surface area (Å²) < 4.78 is 11.9. The molecule has 6 nitrogen and oxygen atoms in total. The van der Waals surface area contributed by atoms with Crippen LogP contribution in [0.15, 0.2) is 42.5 Å². The summed E-state index contributed by atoms with van der Waals surface area (Å²) in [6, 6.07) is 12.9. The molecule has 0 fully saturated rings. The van der Waals surface area contributed by atoms with Gasteiger partial charge in [-0.2, -0.15) is 0 Å². The SMILES string of the molecule is COc1ccc(Cl)c2sc(N(CCCN(C)C)C(=O)COc3ccccc3)nc12. The highest BCUT2D eigenvalue weighted by atomic mass is 35.5. The van der Waals surface area contributed by atoms with E-state index in [2.05, 4.69) is 9.88 Å². The predicted molar refractivity (Wildman–Crippen MR) is 119 cm³/mol. The van der Waals surface area contributed by atoms with Gasteiger partial charge in [0.2, 0.25) is 0 Å². The van der Waals surface area contributed by atoms with Gasteiger partial charge in [0.25, 0.3) is 5.91 Å². The van der Waals surface area contributed by atoms with Gasteiger partial charge in [-0.25, -0.2) is 4.98 Å². The molecule has 0 unspecified atom stereocenters. The minimum absolute atomic E-state index is 0.0627. The maximum atomic E-state index is 13.0. The van der Waals surface area contributed by atoms with E-state index < -0.39 is 0 Å². The summed E-state index contributed by atoms with van der Waals surface area (Å²) in [4.78, 5) is 21.4. The lowest BCUT2D eigenvalue weighted by Gasteiger charge is -2.21. The molecule has 0 radical (unpaired) electrons. The molecular formula is C21H24ClN3O3S. The van der Waals surface area contributed by atoms with Gasteiger partial charge in [-0.15, -0.1) is 0 Å². The third-order valence-corrected chi connectivity index (χ3v) is 5.83. The summed E-state index contributed by atoms with van der Waals surface area (Å²) in [6.45, 7) is 1.33. The second-order valence-corrected chi connectivity index (χ2v) is 8.11. The zero-order valence-corrected chi connectivity index (χ0v) is 18.3. The number of carbonyl (C=O) groups is 1. The van der Waals surface area contributed by atoms with Crippen molar-refractivity contribution in [3.05, 3.63) is 47.5 Å². The van der Waals surface area contributed by atoms with Crippen molar-refractivity contribution in [1.82, 2.24) is 9.88 Å². The fraction of sp³-hybridized carbons (Fsp3) is 0.333. The number of amides is 1. The zero-order chi connectivity index (χ0) is 20.8. The molecular weight excluding hydrogens is 410 g/mol. The molecule has 1 aromatic heterocycles. The Morgan fingerprint density at radius 2 is 1.90 bits per heavy atom. The predicted octanol–water partition coefficient (Wildman–Crippen LogP) is 4.32. The summed E-state index contributed by atoms with van der Waals surface area (Å²) in [5.41, 5.74) is 0.661. The number of halogens is 1. The lowest BCUT2D eigenvalue weighted by atomic mass is 10.3. The van der Waals surface area contributed by atoms with Crippen molar-refractivity contribution in [1.29, 1.82) is 0 Å². The maximum absolute atomic E-state index is 13.0. The normalized spacial score (nSPS) is 11.1. The van der Waals surface area contributed by atoms with Crippen LogP contribution in [0, 0.1) is 0 Å². The van der Waals surface area contributed by atoms with E-state index in [1.54, 1.807) is 24.1 Å². The van der Waals surface area contributed by atoms with Crippen LogP contribution in [0.4, 0.5) is 5.13 Å². The topological polar surface area (TPSA) is 54.9 Å². The number of carbonyl (C=O) groups excluding carboxylic acids is 1. The van der Waals surface area contributed by atoms with Gasteiger partial charge in [-0.05, 0) is 51.3 Å². The second-order valence-electron chi connectivity index (χ2n) is 6.73. The number of anilines is 1. The number of aromatic nitrogens is 1. The van der Waals surface area contributed by atoms with Gasteiger partial charge in [-0.1, -0.05) is 41.1 Å². The van der Waals surface area contributed by atoms with Gasteiger partial charge < -0.3 is 14.4 Å². The van der Waals surface area contributed by atoms with E-state index in [1.165, 1.54) is 11.3 Å². The molecule has 1 heterocycles. The maximum Gasteiger partial charge on any atom is 0.266 e. The number of fused-ring (bicyclic) bond motifs is 1. The number of hydrogen-bond acceptors (Lipinski definition) is 6. The van der Waals surface area contributed by atoms with E-state index in [0.717, 1.165) is 17.7 Å². The number of rotatable bonds is 9. The molecule has 0 saturated heterocycles. The largest absolute Gasteiger partial charge is 0.494 e. The third-order valence-electron chi connectivity index (χ3n) is 4.29. The van der Waals surface area contributed by atoms with Gasteiger partial charge in [0.05, 0.1) is 16.8 Å². The third kappa shape index (κ3) is 5.38. The summed E-state index contributed by atoms with van der Waals surface area (Å²) >= 11 is 7.73. The van der Waals surface area contributed by atoms with Crippen molar-refractivity contribution in [2.75, 3.05) is 45.8 Å². The fourth-order valence-electron chi connectivity index (χ4n) is 2.83. The molecule has 0 N–H and O–H groups in total. The number of thiazole rings is 1. The van der Waals surface area contributed by atoms with Crippen molar-refractivity contribution >= 4 is 44.2 Å². The summed E-state index contributed by atoms with van der Waals surface area (Å²) in [5.74, 6) is 1.14. The Bertz CT molecular complexity index is 962. The molecule has 2 aromatic carbocycles. The lowest BCUT2D eigenvalue weighted by molar-refractivity contribution is -0.120. The summed E-state index contributed by atoms with van der Waals surface area (Å²) in [5, 5.41) is 1.18. The minimum Gasteiger partial charge on any atom is -0.494 e. The number of nitrogens with zero attached hydrogens (tertiary/aromatic N) is 3. The highest BCUT2D eigenvalue weighted by molar-refractivity contribution is 7.23. The van der Waals surface area contributed by atoms with Gasteiger partial charge in [0.1, 0.15) is 17.0 Å². The van der Waals surface area contributed by atoms with Crippen LogP contribution in [0.1, 0.15) is 6.42 Å². The van der Waals surface area contributed by atoms with Gasteiger partial charge in [0.15, 0.2) is 11.7 Å². The molecule has 29 heavy (non-hydrogen) atoms. The first-order chi connectivity index (χ1) is 14.0. The monoisotopic (exact) mass is 433 g/mol. The smallest absolute Gasteiger partial charge is 0.266 e. The van der Waals surface area contributed by atoms with Crippen molar-refractivity contribution in [2.24, 2.45) is 0 Å². The molecule has 154 valence electrons. The first-order valence-corrected chi connectivity index (χ1v) is 10.4. The van der Waals surface area contributed by atoms with E-state index in [0.29, 0.717) is 33.7 Å².